The number of nitrogens with one attached hydrogen (secondary N) is 1. The van der Waals surface area contributed by atoms with Gasteiger partial charge in [0.25, 0.3) is 0 Å². The van der Waals surface area contributed by atoms with E-state index < -0.39 is 0 Å². The normalized spacial score (nSPS) is 18.4. The molecular weight excluding hydrogens is 248 g/mol. The van der Waals surface area contributed by atoms with Crippen LogP contribution in [0.3, 0.4) is 0 Å². The minimum Gasteiger partial charge on any atom is -0.381 e. The van der Waals surface area contributed by atoms with E-state index in [2.05, 4.69) is 54.5 Å². The van der Waals surface area contributed by atoms with E-state index >= 15 is 0 Å². The van der Waals surface area contributed by atoms with Gasteiger partial charge >= 0.3 is 0 Å². The fourth-order valence-electron chi connectivity index (χ4n) is 2.96. The molecule has 0 aliphatic carbocycles. The van der Waals surface area contributed by atoms with E-state index in [9.17, 15) is 0 Å². The molecule has 20 heavy (non-hydrogen) atoms. The first kappa shape index (κ1) is 15.5. The SMILES string of the molecule is CCNC(CCN(C)C1CCOCC1)c1ccccc1. The van der Waals surface area contributed by atoms with Crippen LogP contribution >= 0.6 is 0 Å². The van der Waals surface area contributed by atoms with Gasteiger partial charge in [0.15, 0.2) is 0 Å². The lowest BCUT2D eigenvalue weighted by Gasteiger charge is -2.32. The summed E-state index contributed by atoms with van der Waals surface area (Å²) in [7, 11) is 2.25. The van der Waals surface area contributed by atoms with Crippen LogP contribution in [0.15, 0.2) is 30.3 Å². The van der Waals surface area contributed by atoms with Crippen LogP contribution in [0, 0.1) is 0 Å². The third kappa shape index (κ3) is 4.58. The molecule has 1 aromatic rings. The van der Waals surface area contributed by atoms with E-state index in [0.29, 0.717) is 12.1 Å². The molecule has 3 heteroatoms. The predicted octanol–water partition coefficient (Wildman–Crippen LogP) is 2.84. The Kier molecular flexibility index (Phi) is 6.51. The maximum absolute atomic E-state index is 5.44. The molecule has 0 spiro atoms. The van der Waals surface area contributed by atoms with Gasteiger partial charge in [-0.25, -0.2) is 0 Å². The number of rotatable bonds is 7. The van der Waals surface area contributed by atoms with Gasteiger partial charge in [-0.1, -0.05) is 37.3 Å². The van der Waals surface area contributed by atoms with Crippen molar-refractivity contribution in [1.82, 2.24) is 10.2 Å². The molecule has 1 aromatic carbocycles. The summed E-state index contributed by atoms with van der Waals surface area (Å²) in [5.41, 5.74) is 1.40. The van der Waals surface area contributed by atoms with Crippen LogP contribution in [-0.4, -0.2) is 44.3 Å². The molecular formula is C17H28N2O. The van der Waals surface area contributed by atoms with Crippen LogP contribution < -0.4 is 5.32 Å². The maximum atomic E-state index is 5.44. The summed E-state index contributed by atoms with van der Waals surface area (Å²) in [5, 5.41) is 3.61. The highest BCUT2D eigenvalue weighted by Crippen LogP contribution is 2.19. The van der Waals surface area contributed by atoms with Gasteiger partial charge < -0.3 is 15.0 Å². The molecule has 1 heterocycles. The van der Waals surface area contributed by atoms with Gasteiger partial charge in [0.1, 0.15) is 0 Å². The summed E-state index contributed by atoms with van der Waals surface area (Å²) < 4.78 is 5.44. The summed E-state index contributed by atoms with van der Waals surface area (Å²) >= 11 is 0. The summed E-state index contributed by atoms with van der Waals surface area (Å²) in [6.07, 6.45) is 3.51. The highest BCUT2D eigenvalue weighted by Gasteiger charge is 2.19. The Balaban J connectivity index is 1.85. The highest BCUT2D eigenvalue weighted by atomic mass is 16.5. The maximum Gasteiger partial charge on any atom is 0.0480 e. The number of hydrogen-bond acceptors (Lipinski definition) is 3. The summed E-state index contributed by atoms with van der Waals surface area (Å²) in [5.74, 6) is 0. The smallest absolute Gasteiger partial charge is 0.0480 e. The Bertz CT molecular complexity index is 363. The Labute approximate surface area is 123 Å². The van der Waals surface area contributed by atoms with Crippen molar-refractivity contribution in [2.75, 3.05) is 33.4 Å². The lowest BCUT2D eigenvalue weighted by Crippen LogP contribution is -2.38. The fraction of sp³-hybridized carbons (Fsp3) is 0.647. The molecule has 0 saturated carbocycles. The monoisotopic (exact) mass is 276 g/mol. The van der Waals surface area contributed by atoms with Crippen LogP contribution in [-0.2, 0) is 4.74 Å². The molecule has 0 amide bonds. The van der Waals surface area contributed by atoms with Crippen molar-refractivity contribution < 1.29 is 4.74 Å². The zero-order chi connectivity index (χ0) is 14.2. The van der Waals surface area contributed by atoms with E-state index in [0.717, 1.165) is 32.7 Å². The van der Waals surface area contributed by atoms with Gasteiger partial charge in [-0.15, -0.1) is 0 Å². The Morgan fingerprint density at radius 1 is 1.25 bits per heavy atom. The highest BCUT2D eigenvalue weighted by molar-refractivity contribution is 5.18. The first-order valence-corrected chi connectivity index (χ1v) is 7.87. The first-order chi connectivity index (χ1) is 9.81. The molecule has 3 nitrogen and oxygen atoms in total. The van der Waals surface area contributed by atoms with E-state index in [4.69, 9.17) is 4.74 Å². The Morgan fingerprint density at radius 3 is 2.60 bits per heavy atom. The molecule has 0 radical (unpaired) electrons. The lowest BCUT2D eigenvalue weighted by molar-refractivity contribution is 0.0419. The molecule has 1 saturated heterocycles. The van der Waals surface area contributed by atoms with Crippen LogP contribution in [0.2, 0.25) is 0 Å². The quantitative estimate of drug-likeness (QED) is 0.829. The van der Waals surface area contributed by atoms with Crippen molar-refractivity contribution in [3.8, 4) is 0 Å². The Morgan fingerprint density at radius 2 is 1.95 bits per heavy atom. The zero-order valence-electron chi connectivity index (χ0n) is 12.8. The summed E-state index contributed by atoms with van der Waals surface area (Å²) in [6.45, 7) is 6.17. The van der Waals surface area contributed by atoms with Gasteiger partial charge in [0.2, 0.25) is 0 Å². The van der Waals surface area contributed by atoms with Crippen LogP contribution in [0.5, 0.6) is 0 Å². The van der Waals surface area contributed by atoms with Crippen molar-refractivity contribution in [2.45, 2.75) is 38.3 Å². The van der Waals surface area contributed by atoms with Gasteiger partial charge in [-0.3, -0.25) is 0 Å². The topological polar surface area (TPSA) is 24.5 Å². The van der Waals surface area contributed by atoms with Crippen molar-refractivity contribution in [2.24, 2.45) is 0 Å². The van der Waals surface area contributed by atoms with Crippen LogP contribution in [0.25, 0.3) is 0 Å². The largest absolute Gasteiger partial charge is 0.381 e. The summed E-state index contributed by atoms with van der Waals surface area (Å²) in [6, 6.07) is 11.9. The molecule has 1 aliphatic rings. The zero-order valence-corrected chi connectivity index (χ0v) is 12.8. The minimum atomic E-state index is 0.462. The van der Waals surface area contributed by atoms with E-state index in [1.807, 2.05) is 0 Å². The van der Waals surface area contributed by atoms with Crippen molar-refractivity contribution >= 4 is 0 Å². The number of hydrogen-bond donors (Lipinski definition) is 1. The van der Waals surface area contributed by atoms with Gasteiger partial charge in [0, 0.05) is 25.3 Å². The summed E-state index contributed by atoms with van der Waals surface area (Å²) in [4.78, 5) is 2.51. The second-order valence-corrected chi connectivity index (χ2v) is 5.63. The molecule has 1 atom stereocenters. The van der Waals surface area contributed by atoms with E-state index in [1.54, 1.807) is 0 Å². The number of ether oxygens (including phenoxy) is 1. The molecule has 112 valence electrons. The molecule has 0 aromatic heterocycles. The number of benzene rings is 1. The second kappa shape index (κ2) is 8.40. The fourth-order valence-corrected chi connectivity index (χ4v) is 2.96. The van der Waals surface area contributed by atoms with E-state index in [1.165, 1.54) is 18.4 Å². The average Bonchev–Trinajstić information content (AvgIpc) is 2.53. The Hall–Kier alpha value is -0.900. The van der Waals surface area contributed by atoms with E-state index in [-0.39, 0.29) is 0 Å². The third-order valence-electron chi connectivity index (χ3n) is 4.24. The standard InChI is InChI=1S/C17H28N2O/c1-3-18-17(15-7-5-4-6-8-15)9-12-19(2)16-10-13-20-14-11-16/h4-8,16-18H,3,9-14H2,1-2H3. The lowest BCUT2D eigenvalue weighted by atomic mass is 10.0. The molecule has 0 bridgehead atoms. The van der Waals surface area contributed by atoms with Gasteiger partial charge in [0.05, 0.1) is 0 Å². The van der Waals surface area contributed by atoms with Crippen LogP contribution in [0.1, 0.15) is 37.8 Å². The van der Waals surface area contributed by atoms with Crippen molar-refractivity contribution in [3.05, 3.63) is 35.9 Å². The minimum absolute atomic E-state index is 0.462. The molecule has 1 fully saturated rings. The molecule has 2 rings (SSSR count). The number of nitrogens with zero attached hydrogens (tertiary/aromatic N) is 1. The van der Waals surface area contributed by atoms with Crippen molar-refractivity contribution in [1.29, 1.82) is 0 Å². The predicted molar refractivity (Wildman–Crippen MR) is 83.9 cm³/mol. The van der Waals surface area contributed by atoms with Crippen LogP contribution in [0.4, 0.5) is 0 Å². The van der Waals surface area contributed by atoms with Crippen molar-refractivity contribution in [3.63, 3.8) is 0 Å². The molecule has 1 unspecified atom stereocenters. The van der Waals surface area contributed by atoms with Gasteiger partial charge in [-0.2, -0.15) is 0 Å². The third-order valence-corrected chi connectivity index (χ3v) is 4.24. The average molecular weight is 276 g/mol. The van der Waals surface area contributed by atoms with Gasteiger partial charge in [-0.05, 0) is 45.0 Å². The second-order valence-electron chi connectivity index (χ2n) is 5.63. The molecule has 1 aliphatic heterocycles. The first-order valence-electron chi connectivity index (χ1n) is 7.87. The molecule has 1 N–H and O–H groups in total.